The molecule has 0 aliphatic heterocycles. The van der Waals surface area contributed by atoms with Crippen LogP contribution < -0.4 is 5.63 Å². The van der Waals surface area contributed by atoms with Crippen molar-refractivity contribution in [3.05, 3.63) is 65.1 Å². The molecule has 4 aromatic rings. The van der Waals surface area contributed by atoms with Crippen molar-refractivity contribution in [3.8, 4) is 16.9 Å². The molecule has 4 heteroatoms. The minimum atomic E-state index is -0.545. The van der Waals surface area contributed by atoms with Crippen molar-refractivity contribution >= 4 is 21.9 Å². The van der Waals surface area contributed by atoms with E-state index in [0.717, 1.165) is 10.9 Å². The molecule has 2 aromatic heterocycles. The Hall–Kier alpha value is -3.01. The second-order valence-corrected chi connectivity index (χ2v) is 4.86. The van der Waals surface area contributed by atoms with Gasteiger partial charge < -0.3 is 14.5 Å². The van der Waals surface area contributed by atoms with E-state index in [0.29, 0.717) is 16.5 Å². The summed E-state index contributed by atoms with van der Waals surface area (Å²) in [5.41, 5.74) is 1.56. The second kappa shape index (κ2) is 4.24. The zero-order chi connectivity index (χ0) is 14.4. The molecule has 21 heavy (non-hydrogen) atoms. The van der Waals surface area contributed by atoms with Crippen molar-refractivity contribution in [1.82, 2.24) is 4.98 Å². The summed E-state index contributed by atoms with van der Waals surface area (Å²) in [5, 5.41) is 11.9. The van der Waals surface area contributed by atoms with Crippen LogP contribution in [0.15, 0.2) is 63.9 Å². The fourth-order valence-corrected chi connectivity index (χ4v) is 2.65. The van der Waals surface area contributed by atoms with Gasteiger partial charge in [-0.3, -0.25) is 0 Å². The lowest BCUT2D eigenvalue weighted by Gasteiger charge is -2.05. The van der Waals surface area contributed by atoms with Gasteiger partial charge in [-0.2, -0.15) is 0 Å². The van der Waals surface area contributed by atoms with Crippen molar-refractivity contribution in [1.29, 1.82) is 0 Å². The highest BCUT2D eigenvalue weighted by Crippen LogP contribution is 2.36. The van der Waals surface area contributed by atoms with Gasteiger partial charge in [0.2, 0.25) is 0 Å². The van der Waals surface area contributed by atoms with Crippen LogP contribution >= 0.6 is 0 Å². The Labute approximate surface area is 119 Å². The SMILES string of the molecule is O=c1oc2ccccc2c(O)c1-c1c[nH]c2ccccc12. The van der Waals surface area contributed by atoms with E-state index in [1.165, 1.54) is 0 Å². The molecule has 0 spiro atoms. The van der Waals surface area contributed by atoms with Gasteiger partial charge in [0.25, 0.3) is 0 Å². The molecular formula is C17H11NO3. The summed E-state index contributed by atoms with van der Waals surface area (Å²) < 4.78 is 5.32. The predicted molar refractivity (Wildman–Crippen MR) is 81.4 cm³/mol. The van der Waals surface area contributed by atoms with Crippen LogP contribution in [0.3, 0.4) is 0 Å². The minimum Gasteiger partial charge on any atom is -0.506 e. The van der Waals surface area contributed by atoms with Gasteiger partial charge in [0.15, 0.2) is 0 Å². The lowest BCUT2D eigenvalue weighted by atomic mass is 10.0. The summed E-state index contributed by atoms with van der Waals surface area (Å²) in [7, 11) is 0. The molecule has 0 amide bonds. The third-order valence-corrected chi connectivity index (χ3v) is 3.64. The fraction of sp³-hybridized carbons (Fsp3) is 0. The predicted octanol–water partition coefficient (Wildman–Crippen LogP) is 3.65. The van der Waals surface area contributed by atoms with Crippen molar-refractivity contribution in [2.75, 3.05) is 0 Å². The summed E-state index contributed by atoms with van der Waals surface area (Å²) in [6.45, 7) is 0. The first-order valence-corrected chi connectivity index (χ1v) is 6.57. The number of aromatic nitrogens is 1. The summed E-state index contributed by atoms with van der Waals surface area (Å²) in [4.78, 5) is 15.4. The summed E-state index contributed by atoms with van der Waals surface area (Å²) in [6.07, 6.45) is 1.71. The Kier molecular flexibility index (Phi) is 2.38. The van der Waals surface area contributed by atoms with E-state index in [2.05, 4.69) is 4.98 Å². The first kappa shape index (κ1) is 11.8. The maximum atomic E-state index is 12.3. The van der Waals surface area contributed by atoms with E-state index in [1.54, 1.807) is 30.5 Å². The third kappa shape index (κ3) is 1.66. The molecular weight excluding hydrogens is 266 g/mol. The maximum Gasteiger partial charge on any atom is 0.348 e. The van der Waals surface area contributed by atoms with E-state index in [1.807, 2.05) is 24.3 Å². The number of fused-ring (bicyclic) bond motifs is 2. The Bertz CT molecular complexity index is 1030. The number of hydrogen-bond acceptors (Lipinski definition) is 3. The number of nitrogens with one attached hydrogen (secondary N) is 1. The van der Waals surface area contributed by atoms with Gasteiger partial charge in [0.1, 0.15) is 16.9 Å². The molecule has 0 saturated carbocycles. The van der Waals surface area contributed by atoms with Crippen LogP contribution in [0.2, 0.25) is 0 Å². The van der Waals surface area contributed by atoms with Crippen molar-refractivity contribution in [2.24, 2.45) is 0 Å². The van der Waals surface area contributed by atoms with Gasteiger partial charge in [-0.05, 0) is 18.2 Å². The minimum absolute atomic E-state index is 0.0494. The molecule has 0 unspecified atom stereocenters. The molecule has 0 radical (unpaired) electrons. The van der Waals surface area contributed by atoms with Gasteiger partial charge in [-0.1, -0.05) is 30.3 Å². The van der Waals surface area contributed by atoms with E-state index in [9.17, 15) is 9.90 Å². The fourth-order valence-electron chi connectivity index (χ4n) is 2.65. The Morgan fingerprint density at radius 3 is 2.52 bits per heavy atom. The number of H-pyrrole nitrogens is 1. The quantitative estimate of drug-likeness (QED) is 0.522. The van der Waals surface area contributed by atoms with Crippen LogP contribution in [0.25, 0.3) is 33.0 Å². The van der Waals surface area contributed by atoms with Gasteiger partial charge in [-0.15, -0.1) is 0 Å². The van der Waals surface area contributed by atoms with E-state index < -0.39 is 5.63 Å². The normalized spacial score (nSPS) is 11.2. The molecule has 4 nitrogen and oxygen atoms in total. The second-order valence-electron chi connectivity index (χ2n) is 4.86. The van der Waals surface area contributed by atoms with E-state index >= 15 is 0 Å². The van der Waals surface area contributed by atoms with Crippen LogP contribution in [0, 0.1) is 0 Å². The molecule has 2 N–H and O–H groups in total. The largest absolute Gasteiger partial charge is 0.506 e. The molecule has 0 fully saturated rings. The van der Waals surface area contributed by atoms with E-state index in [-0.39, 0.29) is 11.3 Å². The maximum absolute atomic E-state index is 12.3. The van der Waals surface area contributed by atoms with Crippen LogP contribution in [0.5, 0.6) is 5.75 Å². The molecule has 0 atom stereocenters. The van der Waals surface area contributed by atoms with Gasteiger partial charge in [-0.25, -0.2) is 4.79 Å². The molecule has 102 valence electrons. The lowest BCUT2D eigenvalue weighted by molar-refractivity contribution is 0.471. The standard InChI is InChI=1S/C17H11NO3/c19-16-11-6-2-4-8-14(11)21-17(20)15(16)12-9-18-13-7-3-1-5-10(12)13/h1-9,18-19H. The molecule has 2 heterocycles. The number of para-hydroxylation sites is 2. The number of aromatic hydroxyl groups is 1. The van der Waals surface area contributed by atoms with Crippen molar-refractivity contribution in [2.45, 2.75) is 0 Å². The molecule has 0 saturated heterocycles. The Morgan fingerprint density at radius 2 is 1.67 bits per heavy atom. The Morgan fingerprint density at radius 1 is 0.952 bits per heavy atom. The van der Waals surface area contributed by atoms with Crippen molar-refractivity contribution < 1.29 is 9.52 Å². The summed E-state index contributed by atoms with van der Waals surface area (Å²) in [6, 6.07) is 14.6. The first-order valence-electron chi connectivity index (χ1n) is 6.57. The van der Waals surface area contributed by atoms with Crippen LogP contribution in [0.1, 0.15) is 0 Å². The number of aromatic amines is 1. The summed E-state index contributed by atoms with van der Waals surface area (Å²) >= 11 is 0. The van der Waals surface area contributed by atoms with Crippen LogP contribution in [-0.2, 0) is 0 Å². The first-order chi connectivity index (χ1) is 10.3. The average molecular weight is 277 g/mol. The molecule has 0 aliphatic carbocycles. The summed E-state index contributed by atoms with van der Waals surface area (Å²) in [5.74, 6) is -0.0494. The molecule has 2 aromatic carbocycles. The zero-order valence-electron chi connectivity index (χ0n) is 11.0. The molecule has 0 bridgehead atoms. The van der Waals surface area contributed by atoms with Crippen LogP contribution in [-0.4, -0.2) is 10.1 Å². The third-order valence-electron chi connectivity index (χ3n) is 3.64. The van der Waals surface area contributed by atoms with Crippen molar-refractivity contribution in [3.63, 3.8) is 0 Å². The number of rotatable bonds is 1. The molecule has 4 rings (SSSR count). The highest BCUT2D eigenvalue weighted by molar-refractivity contribution is 6.00. The smallest absolute Gasteiger partial charge is 0.348 e. The van der Waals surface area contributed by atoms with E-state index in [4.69, 9.17) is 4.42 Å². The number of benzene rings is 2. The lowest BCUT2D eigenvalue weighted by Crippen LogP contribution is -2.03. The van der Waals surface area contributed by atoms with Gasteiger partial charge >= 0.3 is 5.63 Å². The highest BCUT2D eigenvalue weighted by Gasteiger charge is 2.18. The molecule has 0 aliphatic rings. The number of hydrogen-bond donors (Lipinski definition) is 2. The van der Waals surface area contributed by atoms with Gasteiger partial charge in [0.05, 0.1) is 5.39 Å². The average Bonchev–Trinajstić information content (AvgIpc) is 2.91. The zero-order valence-corrected chi connectivity index (χ0v) is 11.0. The van der Waals surface area contributed by atoms with Gasteiger partial charge in [0, 0.05) is 22.7 Å². The van der Waals surface area contributed by atoms with Crippen LogP contribution in [0.4, 0.5) is 0 Å². The topological polar surface area (TPSA) is 66.2 Å². The monoisotopic (exact) mass is 277 g/mol. The Balaban J connectivity index is 2.13. The highest BCUT2D eigenvalue weighted by atomic mass is 16.4.